The molecule has 122 valence electrons. The van der Waals surface area contributed by atoms with Gasteiger partial charge in [-0.15, -0.1) is 11.3 Å². The van der Waals surface area contributed by atoms with Crippen molar-refractivity contribution in [3.63, 3.8) is 0 Å². The van der Waals surface area contributed by atoms with Crippen LogP contribution in [0, 0.1) is 6.92 Å². The fourth-order valence-corrected chi connectivity index (χ4v) is 4.25. The first-order chi connectivity index (χ1) is 11.6. The molecule has 2 N–H and O–H groups in total. The van der Waals surface area contributed by atoms with E-state index in [1.165, 1.54) is 5.56 Å². The van der Waals surface area contributed by atoms with E-state index < -0.39 is 0 Å². The Labute approximate surface area is 144 Å². The number of anilines is 1. The Morgan fingerprint density at radius 3 is 2.83 bits per heavy atom. The zero-order valence-corrected chi connectivity index (χ0v) is 14.2. The fraction of sp³-hybridized carbons (Fsp3) is 0.278. The summed E-state index contributed by atoms with van der Waals surface area (Å²) in [5.74, 6) is 0.532. The summed E-state index contributed by atoms with van der Waals surface area (Å²) >= 11 is 1.60. The molecule has 0 aliphatic carbocycles. The second-order valence-electron chi connectivity index (χ2n) is 6.15. The number of nitrogens with zero attached hydrogens (tertiary/aromatic N) is 3. The molecule has 0 spiro atoms. The minimum Gasteiger partial charge on any atom is -0.368 e. The molecule has 1 atom stereocenters. The minimum absolute atomic E-state index is 0.283. The minimum atomic E-state index is -0.286. The van der Waals surface area contributed by atoms with Crippen LogP contribution >= 0.6 is 11.3 Å². The number of benzene rings is 1. The summed E-state index contributed by atoms with van der Waals surface area (Å²) in [6, 6.07) is 8.15. The molecule has 1 unspecified atom stereocenters. The van der Waals surface area contributed by atoms with Crippen molar-refractivity contribution in [1.29, 1.82) is 0 Å². The first-order valence-electron chi connectivity index (χ1n) is 8.00. The molecule has 1 fully saturated rings. The maximum atomic E-state index is 11.8. The molecule has 0 saturated carbocycles. The summed E-state index contributed by atoms with van der Waals surface area (Å²) in [5.41, 5.74) is 9.06. The average molecular weight is 338 g/mol. The number of hydrogen-bond donors (Lipinski definition) is 1. The number of carbonyl (C=O) groups excluding carboxylic acids is 1. The smallest absolute Gasteiger partial charge is 0.240 e. The van der Waals surface area contributed by atoms with E-state index in [-0.39, 0.29) is 11.9 Å². The van der Waals surface area contributed by atoms with Crippen molar-refractivity contribution in [1.82, 2.24) is 9.97 Å². The lowest BCUT2D eigenvalue weighted by molar-refractivity contribution is -0.119. The number of amides is 1. The summed E-state index contributed by atoms with van der Waals surface area (Å²) in [6.07, 6.45) is 3.30. The number of aryl methyl sites for hydroxylation is 1. The highest BCUT2D eigenvalue weighted by Gasteiger charge is 2.32. The van der Waals surface area contributed by atoms with Gasteiger partial charge in [0.15, 0.2) is 0 Å². The number of fused-ring (bicyclic) bond motifs is 1. The summed E-state index contributed by atoms with van der Waals surface area (Å²) in [6.45, 7) is 2.87. The number of aromatic nitrogens is 2. The van der Waals surface area contributed by atoms with Gasteiger partial charge in [-0.2, -0.15) is 0 Å². The van der Waals surface area contributed by atoms with Crippen molar-refractivity contribution in [3.05, 3.63) is 41.5 Å². The van der Waals surface area contributed by atoms with Gasteiger partial charge in [0.25, 0.3) is 0 Å². The third kappa shape index (κ3) is 2.43. The highest BCUT2D eigenvalue weighted by Crippen LogP contribution is 2.39. The molecule has 1 aliphatic rings. The van der Waals surface area contributed by atoms with Gasteiger partial charge >= 0.3 is 0 Å². The van der Waals surface area contributed by atoms with E-state index in [1.54, 1.807) is 17.7 Å². The molecule has 1 aromatic carbocycles. The predicted molar refractivity (Wildman–Crippen MR) is 97.2 cm³/mol. The van der Waals surface area contributed by atoms with Gasteiger partial charge in [0.1, 0.15) is 23.0 Å². The van der Waals surface area contributed by atoms with Crippen LogP contribution in [-0.2, 0) is 4.79 Å². The molecule has 0 radical (unpaired) electrons. The van der Waals surface area contributed by atoms with E-state index in [2.05, 4.69) is 46.5 Å². The Kier molecular flexibility index (Phi) is 3.69. The topological polar surface area (TPSA) is 72.1 Å². The second kappa shape index (κ2) is 5.87. The molecule has 2 aromatic heterocycles. The van der Waals surface area contributed by atoms with E-state index in [4.69, 9.17) is 5.73 Å². The summed E-state index contributed by atoms with van der Waals surface area (Å²) in [7, 11) is 0. The van der Waals surface area contributed by atoms with E-state index in [0.717, 1.165) is 46.5 Å². The number of rotatable bonds is 3. The number of primary amides is 1. The predicted octanol–water partition coefficient (Wildman–Crippen LogP) is 3.12. The molecule has 4 rings (SSSR count). The molecular weight excluding hydrogens is 320 g/mol. The Bertz CT molecular complexity index is 903. The maximum Gasteiger partial charge on any atom is 0.240 e. The number of thiophene rings is 1. The summed E-state index contributed by atoms with van der Waals surface area (Å²) < 4.78 is 0. The standard InChI is InChI=1S/C18H18N4OS/c1-11-4-6-12(7-5-11)13-9-24-18-15(13)17(20-10-21-18)22-8-2-3-14(22)16(19)23/h4-7,9-10,14H,2-3,8H2,1H3,(H2,19,23). The molecule has 0 bridgehead atoms. The van der Waals surface area contributed by atoms with Gasteiger partial charge < -0.3 is 10.6 Å². The maximum absolute atomic E-state index is 11.8. The van der Waals surface area contributed by atoms with Gasteiger partial charge in [-0.1, -0.05) is 29.8 Å². The molecular formula is C18H18N4OS. The van der Waals surface area contributed by atoms with Crippen LogP contribution in [-0.4, -0.2) is 28.5 Å². The Balaban J connectivity index is 1.89. The van der Waals surface area contributed by atoms with Crippen LogP contribution in [0.2, 0.25) is 0 Å². The van der Waals surface area contributed by atoms with Crippen molar-refractivity contribution < 1.29 is 4.79 Å². The van der Waals surface area contributed by atoms with Crippen LogP contribution in [0.15, 0.2) is 36.0 Å². The Morgan fingerprint density at radius 1 is 1.29 bits per heavy atom. The third-order valence-electron chi connectivity index (χ3n) is 4.57. The van der Waals surface area contributed by atoms with Crippen LogP contribution in [0.25, 0.3) is 21.3 Å². The van der Waals surface area contributed by atoms with Crippen LogP contribution in [0.1, 0.15) is 18.4 Å². The van der Waals surface area contributed by atoms with Crippen LogP contribution < -0.4 is 10.6 Å². The molecule has 1 saturated heterocycles. The number of hydrogen-bond acceptors (Lipinski definition) is 5. The lowest BCUT2D eigenvalue weighted by Gasteiger charge is -2.24. The van der Waals surface area contributed by atoms with Gasteiger partial charge in [0.2, 0.25) is 5.91 Å². The van der Waals surface area contributed by atoms with Crippen molar-refractivity contribution in [3.8, 4) is 11.1 Å². The number of carbonyl (C=O) groups is 1. The second-order valence-corrected chi connectivity index (χ2v) is 7.00. The van der Waals surface area contributed by atoms with Gasteiger partial charge in [0, 0.05) is 17.5 Å². The van der Waals surface area contributed by atoms with Crippen molar-refractivity contribution in [2.24, 2.45) is 5.73 Å². The zero-order chi connectivity index (χ0) is 16.7. The Hall–Kier alpha value is -2.47. The lowest BCUT2D eigenvalue weighted by atomic mass is 10.0. The van der Waals surface area contributed by atoms with Gasteiger partial charge in [-0.3, -0.25) is 4.79 Å². The van der Waals surface area contributed by atoms with Crippen LogP contribution in [0.4, 0.5) is 5.82 Å². The van der Waals surface area contributed by atoms with Crippen molar-refractivity contribution >= 4 is 33.3 Å². The normalized spacial score (nSPS) is 17.5. The largest absolute Gasteiger partial charge is 0.368 e. The summed E-state index contributed by atoms with van der Waals surface area (Å²) in [5, 5.41) is 3.13. The molecule has 24 heavy (non-hydrogen) atoms. The van der Waals surface area contributed by atoms with E-state index in [1.807, 2.05) is 4.90 Å². The molecule has 1 aliphatic heterocycles. The lowest BCUT2D eigenvalue weighted by Crippen LogP contribution is -2.40. The average Bonchev–Trinajstić information content (AvgIpc) is 3.22. The third-order valence-corrected chi connectivity index (χ3v) is 5.45. The van der Waals surface area contributed by atoms with Gasteiger partial charge in [-0.25, -0.2) is 9.97 Å². The van der Waals surface area contributed by atoms with Crippen LogP contribution in [0.3, 0.4) is 0 Å². The quantitative estimate of drug-likeness (QED) is 0.796. The zero-order valence-electron chi connectivity index (χ0n) is 13.4. The monoisotopic (exact) mass is 338 g/mol. The van der Waals surface area contributed by atoms with Gasteiger partial charge in [-0.05, 0) is 25.3 Å². The van der Waals surface area contributed by atoms with E-state index in [9.17, 15) is 4.79 Å². The van der Waals surface area contributed by atoms with Crippen LogP contribution in [0.5, 0.6) is 0 Å². The molecule has 6 heteroatoms. The number of nitrogens with two attached hydrogens (primary N) is 1. The highest BCUT2D eigenvalue weighted by atomic mass is 32.1. The fourth-order valence-electron chi connectivity index (χ4n) is 3.34. The first kappa shape index (κ1) is 15.1. The molecule has 5 nitrogen and oxygen atoms in total. The van der Waals surface area contributed by atoms with E-state index >= 15 is 0 Å². The molecule has 3 aromatic rings. The van der Waals surface area contributed by atoms with E-state index in [0.29, 0.717) is 0 Å². The molecule has 3 heterocycles. The van der Waals surface area contributed by atoms with Crippen molar-refractivity contribution in [2.45, 2.75) is 25.8 Å². The van der Waals surface area contributed by atoms with Crippen molar-refractivity contribution in [2.75, 3.05) is 11.4 Å². The SMILES string of the molecule is Cc1ccc(-c2csc3ncnc(N4CCCC4C(N)=O)c23)cc1. The highest BCUT2D eigenvalue weighted by molar-refractivity contribution is 7.17. The first-order valence-corrected chi connectivity index (χ1v) is 8.88. The molecule has 1 amide bonds. The summed E-state index contributed by atoms with van der Waals surface area (Å²) in [4.78, 5) is 23.7. The van der Waals surface area contributed by atoms with Gasteiger partial charge in [0.05, 0.1) is 5.39 Å². The Morgan fingerprint density at radius 2 is 2.08 bits per heavy atom.